The molecule has 21 heavy (non-hydrogen) atoms. The molecule has 1 aromatic carbocycles. The van der Waals surface area contributed by atoms with Crippen LogP contribution in [0.4, 0.5) is 0 Å². The molecule has 0 saturated heterocycles. The monoisotopic (exact) mass is 290 g/mol. The molecule has 5 heteroatoms. The zero-order valence-corrected chi connectivity index (χ0v) is 12.3. The summed E-state index contributed by atoms with van der Waals surface area (Å²) in [6.45, 7) is 4.23. The highest BCUT2D eigenvalue weighted by atomic mass is 16.5. The molecule has 1 rings (SSSR count). The van der Waals surface area contributed by atoms with Crippen LogP contribution in [0.3, 0.4) is 0 Å². The lowest BCUT2D eigenvalue weighted by Gasteiger charge is -2.11. The van der Waals surface area contributed by atoms with Crippen molar-refractivity contribution in [1.82, 2.24) is 5.32 Å². The van der Waals surface area contributed by atoms with Crippen LogP contribution in [-0.4, -0.2) is 30.8 Å². The molecule has 0 heterocycles. The van der Waals surface area contributed by atoms with Crippen LogP contribution in [0, 0.1) is 17.2 Å². The van der Waals surface area contributed by atoms with E-state index in [1.54, 1.807) is 24.3 Å². The van der Waals surface area contributed by atoms with Gasteiger partial charge in [0.2, 0.25) is 0 Å². The molecule has 0 fully saturated rings. The van der Waals surface area contributed by atoms with Crippen LogP contribution in [0.2, 0.25) is 0 Å². The number of ether oxygens (including phenoxy) is 1. The molecule has 0 saturated carbocycles. The van der Waals surface area contributed by atoms with Gasteiger partial charge in [-0.25, -0.2) is 0 Å². The van der Waals surface area contributed by atoms with Gasteiger partial charge in [-0.05, 0) is 49.6 Å². The van der Waals surface area contributed by atoms with Gasteiger partial charge in [-0.15, -0.1) is 0 Å². The first-order chi connectivity index (χ1) is 10.1. The minimum absolute atomic E-state index is 0.239. The minimum atomic E-state index is -0.731. The van der Waals surface area contributed by atoms with Gasteiger partial charge in [0.25, 0.3) is 0 Å². The summed E-state index contributed by atoms with van der Waals surface area (Å²) >= 11 is 0. The Morgan fingerprint density at radius 2 is 2.05 bits per heavy atom. The van der Waals surface area contributed by atoms with Crippen molar-refractivity contribution < 1.29 is 14.6 Å². The highest BCUT2D eigenvalue weighted by Gasteiger charge is 2.04. The van der Waals surface area contributed by atoms with Crippen LogP contribution in [0.15, 0.2) is 24.3 Å². The zero-order valence-electron chi connectivity index (χ0n) is 12.3. The van der Waals surface area contributed by atoms with Gasteiger partial charge in [0.05, 0.1) is 11.6 Å². The average molecular weight is 290 g/mol. The molecular formula is C16H22N2O3. The number of hydrogen-bond acceptors (Lipinski definition) is 4. The molecule has 0 spiro atoms. The van der Waals surface area contributed by atoms with E-state index in [0.29, 0.717) is 18.1 Å². The summed E-state index contributed by atoms with van der Waals surface area (Å²) in [7, 11) is 0. The predicted octanol–water partition coefficient (Wildman–Crippen LogP) is 2.42. The van der Waals surface area contributed by atoms with Gasteiger partial charge < -0.3 is 15.2 Å². The van der Waals surface area contributed by atoms with Gasteiger partial charge in [-0.2, -0.15) is 5.26 Å². The Balaban J connectivity index is 2.04. The molecule has 0 aromatic heterocycles. The van der Waals surface area contributed by atoms with E-state index in [9.17, 15) is 4.79 Å². The summed E-state index contributed by atoms with van der Waals surface area (Å²) < 4.78 is 5.54. The van der Waals surface area contributed by atoms with Crippen molar-refractivity contribution in [3.05, 3.63) is 29.8 Å². The summed E-state index contributed by atoms with van der Waals surface area (Å²) in [6, 6.07) is 9.09. The number of hydrogen-bond donors (Lipinski definition) is 2. The molecule has 1 atom stereocenters. The van der Waals surface area contributed by atoms with Gasteiger partial charge >= 0.3 is 5.97 Å². The zero-order chi connectivity index (χ0) is 15.5. The summed E-state index contributed by atoms with van der Waals surface area (Å²) in [4.78, 5) is 10.4. The number of nitriles is 1. The predicted molar refractivity (Wildman–Crippen MR) is 80.2 cm³/mol. The van der Waals surface area contributed by atoms with E-state index in [0.717, 1.165) is 31.7 Å². The molecule has 0 aliphatic rings. The second kappa shape index (κ2) is 9.78. The number of nitrogens with zero attached hydrogens (tertiary/aromatic N) is 1. The Kier molecular flexibility index (Phi) is 7.92. The Morgan fingerprint density at radius 1 is 1.33 bits per heavy atom. The second-order valence-electron chi connectivity index (χ2n) is 5.06. The first-order valence-corrected chi connectivity index (χ1v) is 7.17. The maximum absolute atomic E-state index is 10.4. The van der Waals surface area contributed by atoms with E-state index < -0.39 is 5.97 Å². The molecular weight excluding hydrogens is 268 g/mol. The number of rotatable bonds is 10. The molecule has 0 aliphatic carbocycles. The van der Waals surface area contributed by atoms with Crippen LogP contribution in [0.5, 0.6) is 5.75 Å². The van der Waals surface area contributed by atoms with Gasteiger partial charge in [-0.3, -0.25) is 4.79 Å². The second-order valence-corrected chi connectivity index (χ2v) is 5.06. The normalized spacial score (nSPS) is 11.6. The number of aliphatic carboxylic acids is 1. The third-order valence-corrected chi connectivity index (χ3v) is 3.20. The van der Waals surface area contributed by atoms with Crippen molar-refractivity contribution in [1.29, 1.82) is 5.26 Å². The molecule has 5 nitrogen and oxygen atoms in total. The molecule has 2 N–H and O–H groups in total. The standard InChI is InChI=1S/C16H22N2O3/c1-13(2-7-16(19)20)8-9-18-10-11-21-15-5-3-14(12-17)4-6-15/h3-6,13,18H,2,7-11H2,1H3,(H,19,20). The van der Waals surface area contributed by atoms with E-state index in [1.807, 2.05) is 0 Å². The summed E-state index contributed by atoms with van der Waals surface area (Å²) in [5, 5.41) is 20.5. The quantitative estimate of drug-likeness (QED) is 0.647. The number of carboxylic acid groups (broad SMARTS) is 1. The summed E-state index contributed by atoms with van der Waals surface area (Å²) in [5.74, 6) is 0.435. The maximum Gasteiger partial charge on any atom is 0.303 e. The van der Waals surface area contributed by atoms with Crippen molar-refractivity contribution in [2.24, 2.45) is 5.92 Å². The van der Waals surface area contributed by atoms with Crippen molar-refractivity contribution in [3.63, 3.8) is 0 Å². The fourth-order valence-corrected chi connectivity index (χ4v) is 1.85. The molecule has 0 amide bonds. The fourth-order valence-electron chi connectivity index (χ4n) is 1.85. The van der Waals surface area contributed by atoms with Gasteiger partial charge in [0, 0.05) is 13.0 Å². The van der Waals surface area contributed by atoms with E-state index >= 15 is 0 Å². The molecule has 1 unspecified atom stereocenters. The highest BCUT2D eigenvalue weighted by Crippen LogP contribution is 2.11. The largest absolute Gasteiger partial charge is 0.492 e. The SMILES string of the molecule is CC(CCNCCOc1ccc(C#N)cc1)CCC(=O)O. The molecule has 0 radical (unpaired) electrons. The van der Waals surface area contributed by atoms with Crippen molar-refractivity contribution in [3.8, 4) is 11.8 Å². The van der Waals surface area contributed by atoms with Crippen LogP contribution in [0.25, 0.3) is 0 Å². The smallest absolute Gasteiger partial charge is 0.303 e. The highest BCUT2D eigenvalue weighted by molar-refractivity contribution is 5.66. The third-order valence-electron chi connectivity index (χ3n) is 3.20. The maximum atomic E-state index is 10.4. The first kappa shape index (κ1) is 17.0. The van der Waals surface area contributed by atoms with E-state index in [-0.39, 0.29) is 6.42 Å². The third kappa shape index (κ3) is 7.95. The molecule has 1 aromatic rings. The van der Waals surface area contributed by atoms with Gasteiger partial charge in [-0.1, -0.05) is 6.92 Å². The number of benzene rings is 1. The van der Waals surface area contributed by atoms with E-state index in [2.05, 4.69) is 18.3 Å². The van der Waals surface area contributed by atoms with Crippen molar-refractivity contribution >= 4 is 5.97 Å². The van der Waals surface area contributed by atoms with Crippen LogP contribution in [-0.2, 0) is 4.79 Å². The van der Waals surface area contributed by atoms with Crippen LogP contribution < -0.4 is 10.1 Å². The summed E-state index contributed by atoms with van der Waals surface area (Å²) in [5.41, 5.74) is 0.621. The first-order valence-electron chi connectivity index (χ1n) is 7.17. The Morgan fingerprint density at radius 3 is 2.67 bits per heavy atom. The van der Waals surface area contributed by atoms with E-state index in [1.165, 1.54) is 0 Å². The molecule has 0 aliphatic heterocycles. The topological polar surface area (TPSA) is 82.3 Å². The minimum Gasteiger partial charge on any atom is -0.492 e. The van der Waals surface area contributed by atoms with E-state index in [4.69, 9.17) is 15.1 Å². The Labute approximate surface area is 125 Å². The lowest BCUT2D eigenvalue weighted by atomic mass is 10.0. The Hall–Kier alpha value is -2.06. The lowest BCUT2D eigenvalue weighted by molar-refractivity contribution is -0.137. The number of carbonyl (C=O) groups is 1. The van der Waals surface area contributed by atoms with Gasteiger partial charge in [0.15, 0.2) is 0 Å². The summed E-state index contributed by atoms with van der Waals surface area (Å²) in [6.07, 6.45) is 1.92. The van der Waals surface area contributed by atoms with Gasteiger partial charge in [0.1, 0.15) is 12.4 Å². The van der Waals surface area contributed by atoms with Crippen LogP contribution >= 0.6 is 0 Å². The fraction of sp³-hybridized carbons (Fsp3) is 0.500. The van der Waals surface area contributed by atoms with Crippen molar-refractivity contribution in [2.45, 2.75) is 26.2 Å². The average Bonchev–Trinajstić information content (AvgIpc) is 2.49. The lowest BCUT2D eigenvalue weighted by Crippen LogP contribution is -2.23. The molecule has 114 valence electrons. The van der Waals surface area contributed by atoms with Crippen molar-refractivity contribution in [2.75, 3.05) is 19.7 Å². The van der Waals surface area contributed by atoms with Crippen LogP contribution in [0.1, 0.15) is 31.7 Å². The molecule has 0 bridgehead atoms. The number of carboxylic acids is 1. The number of nitrogens with one attached hydrogen (secondary N) is 1. The Bertz CT molecular complexity index is 465.